The molecule has 0 aromatic rings. The maximum Gasteiger partial charge on any atom is 0.293 e. The Labute approximate surface area is 58.4 Å². The fourth-order valence-electron chi connectivity index (χ4n) is 0.340. The number of rotatable bonds is 4. The van der Waals surface area contributed by atoms with Crippen LogP contribution in [0.15, 0.2) is 0 Å². The second-order valence-corrected chi connectivity index (χ2v) is 1.61. The fourth-order valence-corrected chi connectivity index (χ4v) is 0.340. The highest BCUT2D eigenvalue weighted by Crippen LogP contribution is 1.90. The molecule has 0 aromatic carbocycles. The van der Waals surface area contributed by atoms with Crippen LogP contribution in [0.2, 0.25) is 0 Å². The maximum absolute atomic E-state index is 9.55. The van der Waals surface area contributed by atoms with Crippen LogP contribution in [0.5, 0.6) is 0 Å². The number of aliphatic hydroxyl groups is 2. The number of terminal acetylenes is 1. The average molecular weight is 144 g/mol. The second kappa shape index (κ2) is 4.79. The molecule has 0 bridgehead atoms. The Morgan fingerprint density at radius 3 is 2.70 bits per heavy atom. The lowest BCUT2D eigenvalue weighted by Gasteiger charge is -2.09. The van der Waals surface area contributed by atoms with Gasteiger partial charge in [0.2, 0.25) is 0 Å². The molecule has 0 rings (SSSR count). The first kappa shape index (κ1) is 8.95. The first-order chi connectivity index (χ1) is 4.72. The molecule has 0 saturated heterocycles. The maximum atomic E-state index is 9.55. The highest BCUT2D eigenvalue weighted by atomic mass is 16.5. The molecule has 2 atom stereocenters. The molecule has 0 unspecified atom stereocenters. The summed E-state index contributed by atoms with van der Waals surface area (Å²) in [5, 5.41) is 17.4. The summed E-state index contributed by atoms with van der Waals surface area (Å²) in [7, 11) is 0. The SMILES string of the molecule is C#C[C@H](O)[C@H](O)COC=O. The van der Waals surface area contributed by atoms with Gasteiger partial charge in [-0.2, -0.15) is 0 Å². The van der Waals surface area contributed by atoms with Crippen molar-refractivity contribution in [3.63, 3.8) is 0 Å². The second-order valence-electron chi connectivity index (χ2n) is 1.61. The summed E-state index contributed by atoms with van der Waals surface area (Å²) >= 11 is 0. The van der Waals surface area contributed by atoms with Gasteiger partial charge in [0.15, 0.2) is 0 Å². The average Bonchev–Trinajstić information content (AvgIpc) is 1.98. The van der Waals surface area contributed by atoms with Gasteiger partial charge < -0.3 is 14.9 Å². The lowest BCUT2D eigenvalue weighted by molar-refractivity contribution is -0.132. The van der Waals surface area contributed by atoms with Crippen molar-refractivity contribution in [2.45, 2.75) is 12.2 Å². The number of hydrogen-bond acceptors (Lipinski definition) is 4. The zero-order valence-corrected chi connectivity index (χ0v) is 5.23. The molecule has 56 valence electrons. The van der Waals surface area contributed by atoms with Crippen LogP contribution in [0, 0.1) is 12.3 Å². The van der Waals surface area contributed by atoms with Crippen LogP contribution >= 0.6 is 0 Å². The highest BCUT2D eigenvalue weighted by Gasteiger charge is 2.12. The quantitative estimate of drug-likeness (QED) is 0.373. The lowest BCUT2D eigenvalue weighted by Crippen LogP contribution is -2.28. The van der Waals surface area contributed by atoms with E-state index in [0.29, 0.717) is 0 Å². The van der Waals surface area contributed by atoms with Crippen molar-refractivity contribution in [2.24, 2.45) is 0 Å². The largest absolute Gasteiger partial charge is 0.465 e. The molecule has 4 nitrogen and oxygen atoms in total. The minimum atomic E-state index is -1.28. The van der Waals surface area contributed by atoms with Crippen LogP contribution in [0.3, 0.4) is 0 Å². The van der Waals surface area contributed by atoms with E-state index in [9.17, 15) is 4.79 Å². The van der Waals surface area contributed by atoms with E-state index < -0.39 is 12.2 Å². The van der Waals surface area contributed by atoms with Crippen molar-refractivity contribution in [2.75, 3.05) is 6.61 Å². The Bertz CT molecular complexity index is 137. The van der Waals surface area contributed by atoms with E-state index in [1.165, 1.54) is 0 Å². The van der Waals surface area contributed by atoms with Crippen molar-refractivity contribution in [3.05, 3.63) is 0 Å². The van der Waals surface area contributed by atoms with E-state index >= 15 is 0 Å². The predicted molar refractivity (Wildman–Crippen MR) is 32.9 cm³/mol. The molecular weight excluding hydrogens is 136 g/mol. The normalized spacial score (nSPS) is 14.9. The Balaban J connectivity index is 3.52. The molecule has 0 radical (unpaired) electrons. The first-order valence-corrected chi connectivity index (χ1v) is 2.60. The number of hydrogen-bond donors (Lipinski definition) is 2. The van der Waals surface area contributed by atoms with Crippen molar-refractivity contribution in [1.29, 1.82) is 0 Å². The van der Waals surface area contributed by atoms with Crippen LogP contribution in [-0.4, -0.2) is 35.5 Å². The Morgan fingerprint density at radius 1 is 1.70 bits per heavy atom. The molecule has 4 heteroatoms. The van der Waals surface area contributed by atoms with Crippen LogP contribution < -0.4 is 0 Å². The van der Waals surface area contributed by atoms with Gasteiger partial charge in [0.1, 0.15) is 18.8 Å². The zero-order valence-electron chi connectivity index (χ0n) is 5.23. The van der Waals surface area contributed by atoms with Gasteiger partial charge in [0.25, 0.3) is 6.47 Å². The van der Waals surface area contributed by atoms with Gasteiger partial charge in [-0.25, -0.2) is 0 Å². The Morgan fingerprint density at radius 2 is 2.30 bits per heavy atom. The highest BCUT2D eigenvalue weighted by molar-refractivity contribution is 5.36. The molecule has 0 aliphatic rings. The number of aliphatic hydroxyl groups excluding tert-OH is 2. The van der Waals surface area contributed by atoms with Crippen LogP contribution in [0.1, 0.15) is 0 Å². The zero-order chi connectivity index (χ0) is 7.98. The lowest BCUT2D eigenvalue weighted by atomic mass is 10.2. The molecule has 0 heterocycles. The third-order valence-corrected chi connectivity index (χ3v) is 0.870. The number of carbonyl (C=O) groups is 1. The van der Waals surface area contributed by atoms with Gasteiger partial charge in [-0.3, -0.25) is 4.79 Å². The Kier molecular flexibility index (Phi) is 4.29. The minimum absolute atomic E-state index is 0.173. The summed E-state index contributed by atoms with van der Waals surface area (Å²) < 4.78 is 4.13. The molecule has 10 heavy (non-hydrogen) atoms. The van der Waals surface area contributed by atoms with Crippen LogP contribution in [-0.2, 0) is 9.53 Å². The topological polar surface area (TPSA) is 66.8 Å². The molecule has 0 aliphatic heterocycles. The molecule has 0 aromatic heterocycles. The smallest absolute Gasteiger partial charge is 0.293 e. The van der Waals surface area contributed by atoms with Gasteiger partial charge in [-0.05, 0) is 0 Å². The van der Waals surface area contributed by atoms with Crippen LogP contribution in [0.4, 0.5) is 0 Å². The monoisotopic (exact) mass is 144 g/mol. The summed E-state index contributed by atoms with van der Waals surface area (Å²) in [5.41, 5.74) is 0. The van der Waals surface area contributed by atoms with Gasteiger partial charge in [-0.1, -0.05) is 5.92 Å². The minimum Gasteiger partial charge on any atom is -0.465 e. The summed E-state index contributed by atoms with van der Waals surface area (Å²) in [6.45, 7) is -0.110. The van der Waals surface area contributed by atoms with E-state index in [4.69, 9.17) is 16.6 Å². The third-order valence-electron chi connectivity index (χ3n) is 0.870. The third kappa shape index (κ3) is 3.07. The van der Waals surface area contributed by atoms with Gasteiger partial charge in [0, 0.05) is 0 Å². The van der Waals surface area contributed by atoms with E-state index in [2.05, 4.69) is 4.74 Å². The summed E-state index contributed by atoms with van der Waals surface area (Å²) in [6, 6.07) is 0. The number of ether oxygens (including phenoxy) is 1. The Hall–Kier alpha value is -1.05. The molecular formula is C6H8O4. The van der Waals surface area contributed by atoms with Gasteiger partial charge >= 0.3 is 0 Å². The van der Waals surface area contributed by atoms with Crippen molar-refractivity contribution >= 4 is 6.47 Å². The van der Waals surface area contributed by atoms with E-state index in [-0.39, 0.29) is 13.1 Å². The first-order valence-electron chi connectivity index (χ1n) is 2.60. The molecule has 0 amide bonds. The molecule has 0 spiro atoms. The van der Waals surface area contributed by atoms with E-state index in [1.54, 1.807) is 0 Å². The van der Waals surface area contributed by atoms with Crippen LogP contribution in [0.25, 0.3) is 0 Å². The summed E-state index contributed by atoms with van der Waals surface area (Å²) in [5.74, 6) is 1.88. The van der Waals surface area contributed by atoms with Gasteiger partial charge in [0.05, 0.1) is 0 Å². The van der Waals surface area contributed by atoms with Crippen molar-refractivity contribution in [3.8, 4) is 12.3 Å². The van der Waals surface area contributed by atoms with E-state index in [1.807, 2.05) is 5.92 Å². The predicted octanol–water partition coefficient (Wildman–Crippen LogP) is -1.49. The number of carbonyl (C=O) groups excluding carboxylic acids is 1. The van der Waals surface area contributed by atoms with E-state index in [0.717, 1.165) is 0 Å². The fraction of sp³-hybridized carbons (Fsp3) is 0.500. The molecule has 0 fully saturated rings. The molecule has 2 N–H and O–H groups in total. The van der Waals surface area contributed by atoms with Crippen molar-refractivity contribution in [1.82, 2.24) is 0 Å². The summed E-state index contributed by atoms with van der Waals surface area (Å²) in [4.78, 5) is 9.55. The molecule has 0 aliphatic carbocycles. The van der Waals surface area contributed by atoms with Crippen molar-refractivity contribution < 1.29 is 19.7 Å². The standard InChI is InChI=1S/C6H8O4/c1-2-5(8)6(9)3-10-4-7/h1,4-6,8-9H,3H2/t5-,6+/m0/s1. The van der Waals surface area contributed by atoms with Gasteiger partial charge in [-0.15, -0.1) is 6.42 Å². The molecule has 0 saturated carbocycles. The summed E-state index contributed by atoms with van der Waals surface area (Å²) in [6.07, 6.45) is 2.26.